The number of hydrogen-bond donors (Lipinski definition) is 3. The van der Waals surface area contributed by atoms with Gasteiger partial charge in [-0.05, 0) is 48.6 Å². The van der Waals surface area contributed by atoms with Crippen LogP contribution in [0.5, 0.6) is 0 Å². The molecule has 0 radical (unpaired) electrons. The molecule has 0 bridgehead atoms. The van der Waals surface area contributed by atoms with Crippen molar-refractivity contribution in [1.82, 2.24) is 10.6 Å². The fourth-order valence-electron chi connectivity index (χ4n) is 4.85. The number of nitrogens with zero attached hydrogens (tertiary/aromatic N) is 2. The van der Waals surface area contributed by atoms with Gasteiger partial charge in [-0.1, -0.05) is 56.3 Å². The van der Waals surface area contributed by atoms with Crippen LogP contribution in [0.2, 0.25) is 0 Å². The quantitative estimate of drug-likeness (QED) is 0.484. The molecule has 36 heavy (non-hydrogen) atoms. The molecule has 3 unspecified atom stereocenters. The number of anilines is 1. The van der Waals surface area contributed by atoms with Gasteiger partial charge in [-0.2, -0.15) is 5.26 Å². The lowest BCUT2D eigenvalue weighted by Gasteiger charge is -2.24. The molecule has 0 saturated carbocycles. The van der Waals surface area contributed by atoms with E-state index in [4.69, 9.17) is 0 Å². The Balaban J connectivity index is 1.45. The Bertz CT molecular complexity index is 1210. The molecule has 0 saturated heterocycles. The fraction of sp³-hybridized carbons (Fsp3) is 0.379. The molecule has 4 rings (SSSR count). The summed E-state index contributed by atoms with van der Waals surface area (Å²) in [5, 5.41) is 19.4. The lowest BCUT2D eigenvalue weighted by atomic mass is 9.85. The van der Waals surface area contributed by atoms with E-state index in [1.165, 1.54) is 0 Å². The number of carbonyl (C=O) groups is 2. The van der Waals surface area contributed by atoms with Crippen molar-refractivity contribution in [2.75, 3.05) is 18.4 Å². The van der Waals surface area contributed by atoms with Gasteiger partial charge in [0.1, 0.15) is 0 Å². The largest absolute Gasteiger partial charge is 0.353 e. The number of nitriles is 1. The summed E-state index contributed by atoms with van der Waals surface area (Å²) in [6.45, 7) is 5.16. The standard InChI is InChI=1S/C29H33N5O2/c1-3-21(4-2)33-28(35)19-13-14-25(20(17-19)18-30)31-15-16-32-27-22-9-5-6-10-23(22)29(36)34-26-12-8-7-11-24(26)27/h5-14,19-21,27,32H,3-4,15-17H2,1-2H3,(H,33,35)(H,34,36). The van der Waals surface area contributed by atoms with Gasteiger partial charge in [-0.3, -0.25) is 14.6 Å². The maximum atomic E-state index is 12.8. The average molecular weight is 484 g/mol. The molecule has 2 aromatic rings. The highest BCUT2D eigenvalue weighted by Crippen LogP contribution is 2.34. The molecule has 7 nitrogen and oxygen atoms in total. The fourth-order valence-corrected chi connectivity index (χ4v) is 4.85. The summed E-state index contributed by atoms with van der Waals surface area (Å²) in [6.07, 6.45) is 5.92. The average Bonchev–Trinajstić information content (AvgIpc) is 3.03. The number of para-hydroxylation sites is 1. The number of benzene rings is 2. The zero-order chi connectivity index (χ0) is 25.5. The van der Waals surface area contributed by atoms with Crippen LogP contribution in [-0.2, 0) is 4.79 Å². The maximum Gasteiger partial charge on any atom is 0.256 e. The molecule has 1 aliphatic carbocycles. The zero-order valence-electron chi connectivity index (χ0n) is 20.8. The predicted octanol–water partition coefficient (Wildman–Crippen LogP) is 4.39. The molecule has 2 aromatic carbocycles. The Morgan fingerprint density at radius 1 is 1.14 bits per heavy atom. The molecule has 7 heteroatoms. The van der Waals surface area contributed by atoms with E-state index in [0.717, 1.165) is 29.7 Å². The first-order valence-corrected chi connectivity index (χ1v) is 12.7. The number of rotatable bonds is 8. The van der Waals surface area contributed by atoms with Crippen LogP contribution in [0.25, 0.3) is 0 Å². The third kappa shape index (κ3) is 5.55. The second-order valence-electron chi connectivity index (χ2n) is 9.23. The number of carbonyl (C=O) groups excluding carboxylic acids is 2. The number of nitrogens with one attached hydrogen (secondary N) is 3. The summed E-state index contributed by atoms with van der Waals surface area (Å²) < 4.78 is 0. The van der Waals surface area contributed by atoms with Crippen molar-refractivity contribution in [1.29, 1.82) is 5.26 Å². The minimum atomic E-state index is -0.409. The van der Waals surface area contributed by atoms with E-state index in [-0.39, 0.29) is 29.8 Å². The van der Waals surface area contributed by atoms with Crippen molar-refractivity contribution in [2.24, 2.45) is 16.8 Å². The molecule has 1 heterocycles. The van der Waals surface area contributed by atoms with Crippen LogP contribution < -0.4 is 16.0 Å². The molecule has 0 aromatic heterocycles. The van der Waals surface area contributed by atoms with Gasteiger partial charge in [0.05, 0.1) is 36.2 Å². The van der Waals surface area contributed by atoms with E-state index in [2.05, 4.69) is 40.9 Å². The van der Waals surface area contributed by atoms with Gasteiger partial charge in [-0.25, -0.2) is 0 Å². The lowest BCUT2D eigenvalue weighted by Crippen LogP contribution is -2.39. The van der Waals surface area contributed by atoms with E-state index in [9.17, 15) is 14.9 Å². The van der Waals surface area contributed by atoms with E-state index < -0.39 is 5.92 Å². The first-order chi connectivity index (χ1) is 17.5. The smallest absolute Gasteiger partial charge is 0.256 e. The highest BCUT2D eigenvalue weighted by Gasteiger charge is 2.29. The van der Waals surface area contributed by atoms with Gasteiger partial charge in [0.15, 0.2) is 0 Å². The lowest BCUT2D eigenvalue weighted by molar-refractivity contribution is -0.124. The summed E-state index contributed by atoms with van der Waals surface area (Å²) in [5.41, 5.74) is 4.08. The zero-order valence-corrected chi connectivity index (χ0v) is 20.8. The minimum absolute atomic E-state index is 0.0187. The molecule has 2 aliphatic rings. The first kappa shape index (κ1) is 25.3. The van der Waals surface area contributed by atoms with Crippen LogP contribution in [0.1, 0.15) is 60.6 Å². The second kappa shape index (κ2) is 11.8. The van der Waals surface area contributed by atoms with Gasteiger partial charge in [0, 0.05) is 23.8 Å². The van der Waals surface area contributed by atoms with E-state index in [1.54, 1.807) is 0 Å². The third-order valence-corrected chi connectivity index (χ3v) is 6.96. The Hall–Kier alpha value is -3.76. The maximum absolute atomic E-state index is 12.8. The molecule has 0 fully saturated rings. The minimum Gasteiger partial charge on any atom is -0.353 e. The summed E-state index contributed by atoms with van der Waals surface area (Å²) in [7, 11) is 0. The number of hydrogen-bond acceptors (Lipinski definition) is 5. The van der Waals surface area contributed by atoms with Crippen LogP contribution in [-0.4, -0.2) is 36.7 Å². The number of aliphatic imine (C=N–C) groups is 1. The molecule has 3 atom stereocenters. The van der Waals surface area contributed by atoms with Crippen molar-refractivity contribution < 1.29 is 9.59 Å². The summed E-state index contributed by atoms with van der Waals surface area (Å²) >= 11 is 0. The first-order valence-electron chi connectivity index (χ1n) is 12.7. The monoisotopic (exact) mass is 483 g/mol. The van der Waals surface area contributed by atoms with Crippen molar-refractivity contribution in [3.05, 3.63) is 77.4 Å². The van der Waals surface area contributed by atoms with E-state index in [1.807, 2.05) is 60.7 Å². The van der Waals surface area contributed by atoms with Gasteiger partial charge in [0.25, 0.3) is 5.91 Å². The topological polar surface area (TPSA) is 106 Å². The summed E-state index contributed by atoms with van der Waals surface area (Å²) in [6, 6.07) is 17.7. The van der Waals surface area contributed by atoms with Gasteiger partial charge < -0.3 is 16.0 Å². The SMILES string of the molecule is CCC(CC)NC(=O)C1C=CC(=NCCNC2c3ccccc3NC(=O)c3ccccc32)C(C#N)C1. The Labute approximate surface area is 212 Å². The van der Waals surface area contributed by atoms with Crippen LogP contribution in [0, 0.1) is 23.2 Å². The van der Waals surface area contributed by atoms with Crippen molar-refractivity contribution in [3.8, 4) is 6.07 Å². The number of amides is 2. The molecule has 1 aliphatic heterocycles. The Morgan fingerprint density at radius 3 is 2.61 bits per heavy atom. The Kier molecular flexibility index (Phi) is 8.29. The number of fused-ring (bicyclic) bond motifs is 2. The van der Waals surface area contributed by atoms with Crippen LogP contribution in [0.3, 0.4) is 0 Å². The van der Waals surface area contributed by atoms with Gasteiger partial charge >= 0.3 is 0 Å². The third-order valence-electron chi connectivity index (χ3n) is 6.96. The Morgan fingerprint density at radius 2 is 1.86 bits per heavy atom. The molecule has 186 valence electrons. The highest BCUT2D eigenvalue weighted by atomic mass is 16.2. The van der Waals surface area contributed by atoms with Gasteiger partial charge in [0.2, 0.25) is 5.91 Å². The van der Waals surface area contributed by atoms with Crippen molar-refractivity contribution >= 4 is 23.2 Å². The van der Waals surface area contributed by atoms with Crippen molar-refractivity contribution in [3.63, 3.8) is 0 Å². The van der Waals surface area contributed by atoms with Crippen LogP contribution in [0.15, 0.2) is 65.7 Å². The van der Waals surface area contributed by atoms with E-state index in [0.29, 0.717) is 30.8 Å². The second-order valence-corrected chi connectivity index (χ2v) is 9.23. The predicted molar refractivity (Wildman–Crippen MR) is 142 cm³/mol. The summed E-state index contributed by atoms with van der Waals surface area (Å²) in [5.74, 6) is -0.852. The highest BCUT2D eigenvalue weighted by molar-refractivity contribution is 6.07. The number of allylic oxidation sites excluding steroid dienone is 1. The van der Waals surface area contributed by atoms with Crippen LogP contribution >= 0.6 is 0 Å². The van der Waals surface area contributed by atoms with Crippen molar-refractivity contribution in [2.45, 2.75) is 45.2 Å². The molecule has 2 amide bonds. The summed E-state index contributed by atoms with van der Waals surface area (Å²) in [4.78, 5) is 30.1. The van der Waals surface area contributed by atoms with Gasteiger partial charge in [-0.15, -0.1) is 0 Å². The molecular formula is C29H33N5O2. The van der Waals surface area contributed by atoms with Crippen LogP contribution in [0.4, 0.5) is 5.69 Å². The molecule has 0 spiro atoms. The molecular weight excluding hydrogens is 450 g/mol. The van der Waals surface area contributed by atoms with E-state index >= 15 is 0 Å². The normalized spacial score (nSPS) is 21.8. The molecule has 3 N–H and O–H groups in total.